The number of carbonyl (C=O) groups excluding carboxylic acids is 6. The van der Waals surface area contributed by atoms with Gasteiger partial charge in [0.05, 0.1) is 36.4 Å². The number of carbonyl (C=O) groups is 6. The Morgan fingerprint density at radius 2 is 1.00 bits per heavy atom. The molecule has 0 aliphatic heterocycles. The first-order valence-electron chi connectivity index (χ1n) is 23.3. The second-order valence-corrected chi connectivity index (χ2v) is 16.9. The van der Waals surface area contributed by atoms with Crippen molar-refractivity contribution in [3.05, 3.63) is 30.3 Å². The summed E-state index contributed by atoms with van der Waals surface area (Å²) in [5.41, 5.74) is -1.01. The minimum Gasteiger partial charge on any atom is -0.490 e. The van der Waals surface area contributed by atoms with E-state index in [-0.39, 0.29) is 82.7 Å². The number of rotatable bonds is 38. The zero-order valence-corrected chi connectivity index (χ0v) is 38.6. The van der Waals surface area contributed by atoms with Gasteiger partial charge in [0, 0.05) is 0 Å². The van der Waals surface area contributed by atoms with Crippen LogP contribution in [0.3, 0.4) is 0 Å². The molecule has 0 N–H and O–H groups in total. The second kappa shape index (κ2) is 34.6. The van der Waals surface area contributed by atoms with E-state index in [9.17, 15) is 28.8 Å². The van der Waals surface area contributed by atoms with Gasteiger partial charge >= 0.3 is 29.8 Å². The number of para-hydroxylation sites is 1. The molecule has 0 fully saturated rings. The highest BCUT2D eigenvalue weighted by atomic mass is 16.6. The maximum atomic E-state index is 13.7. The molecular weight excluding hydrogens is 781 g/mol. The van der Waals surface area contributed by atoms with Crippen molar-refractivity contribution < 1.29 is 57.2 Å². The third kappa shape index (κ3) is 27.6. The van der Waals surface area contributed by atoms with E-state index in [0.717, 1.165) is 44.9 Å². The number of hydrogen-bond acceptors (Lipinski definition) is 12. The molecule has 3 unspecified atom stereocenters. The quantitative estimate of drug-likeness (QED) is 0.0269. The van der Waals surface area contributed by atoms with Crippen molar-refractivity contribution >= 4 is 35.6 Å². The minimum atomic E-state index is -1.01. The molecule has 0 saturated heterocycles. The molecule has 0 spiro atoms. The molecule has 0 aliphatic rings. The third-order valence-corrected chi connectivity index (χ3v) is 10.9. The van der Waals surface area contributed by atoms with Crippen LogP contribution in [0.25, 0.3) is 0 Å². The molecule has 0 saturated carbocycles. The first kappa shape index (κ1) is 55.1. The first-order valence-corrected chi connectivity index (χ1v) is 23.3. The second-order valence-electron chi connectivity index (χ2n) is 16.9. The summed E-state index contributed by atoms with van der Waals surface area (Å²) in [5.74, 6) is -3.93. The van der Waals surface area contributed by atoms with Crippen LogP contribution in [0, 0.1) is 23.2 Å². The summed E-state index contributed by atoms with van der Waals surface area (Å²) in [7, 11) is 0. The fourth-order valence-corrected chi connectivity index (χ4v) is 6.90. The smallest absolute Gasteiger partial charge is 0.313 e. The number of ketones is 1. The standard InChI is InChI=1S/C49H80O12/c1-7-10-12-14-16-17-19-24-32-59-47(54)42(38-40(9-3)45(52)58-31-23-18-15-13-11-8-2)28-27-41(46(53)60-35-33-56-43-25-21-20-22-26-43)29-30-49(5,6)48(55)61-36-34-57-44(51)37-39(4)50/h20-22,25-26,40-42H,7-19,23-24,27-38H2,1-6H3. The average molecular weight is 861 g/mol. The monoisotopic (exact) mass is 861 g/mol. The zero-order valence-electron chi connectivity index (χ0n) is 38.6. The lowest BCUT2D eigenvalue weighted by Gasteiger charge is -2.26. The van der Waals surface area contributed by atoms with Crippen LogP contribution in [-0.4, -0.2) is 75.3 Å². The minimum absolute atomic E-state index is 0.00440. The number of benzene rings is 1. The predicted octanol–water partition coefficient (Wildman–Crippen LogP) is 10.5. The van der Waals surface area contributed by atoms with Gasteiger partial charge in [-0.15, -0.1) is 0 Å². The maximum absolute atomic E-state index is 13.7. The summed E-state index contributed by atoms with van der Waals surface area (Å²) in [5, 5.41) is 0. The molecule has 12 heteroatoms. The number of unbranched alkanes of at least 4 members (excludes halogenated alkanes) is 12. The van der Waals surface area contributed by atoms with Crippen LogP contribution in [0.2, 0.25) is 0 Å². The SMILES string of the molecule is CCCCCCCCCCOC(=O)C(CCC(CCC(C)(C)C(=O)OCCOC(=O)CC(C)=O)C(=O)OCCOc1ccccc1)CC(CC)C(=O)OCCCCCCCC. The normalized spacial score (nSPS) is 12.8. The Morgan fingerprint density at radius 3 is 1.56 bits per heavy atom. The highest BCUT2D eigenvalue weighted by molar-refractivity contribution is 5.94. The molecule has 61 heavy (non-hydrogen) atoms. The lowest BCUT2D eigenvalue weighted by molar-refractivity contribution is -0.160. The molecule has 0 aliphatic carbocycles. The highest BCUT2D eigenvalue weighted by Gasteiger charge is 2.34. The summed E-state index contributed by atoms with van der Waals surface area (Å²) >= 11 is 0. The summed E-state index contributed by atoms with van der Waals surface area (Å²) < 4.78 is 33.3. The predicted molar refractivity (Wildman–Crippen MR) is 236 cm³/mol. The maximum Gasteiger partial charge on any atom is 0.313 e. The van der Waals surface area contributed by atoms with Crippen molar-refractivity contribution in [1.29, 1.82) is 0 Å². The molecular formula is C49H80O12. The Bertz CT molecular complexity index is 1360. The Balaban J connectivity index is 3.05. The van der Waals surface area contributed by atoms with Gasteiger partial charge in [0.25, 0.3) is 0 Å². The molecule has 0 amide bonds. The largest absolute Gasteiger partial charge is 0.490 e. The molecule has 1 aromatic rings. The topological polar surface area (TPSA) is 158 Å². The van der Waals surface area contributed by atoms with E-state index < -0.39 is 41.1 Å². The molecule has 348 valence electrons. The van der Waals surface area contributed by atoms with Gasteiger partial charge in [-0.3, -0.25) is 28.8 Å². The molecule has 1 aromatic carbocycles. The van der Waals surface area contributed by atoms with Crippen molar-refractivity contribution in [2.45, 2.75) is 176 Å². The summed E-state index contributed by atoms with van der Waals surface area (Å²) in [6.07, 6.45) is 16.8. The molecule has 0 radical (unpaired) electrons. The van der Waals surface area contributed by atoms with Crippen molar-refractivity contribution in [2.75, 3.05) is 39.6 Å². The van der Waals surface area contributed by atoms with Crippen LogP contribution in [0.1, 0.15) is 176 Å². The fraction of sp³-hybridized carbons (Fsp3) is 0.755. The molecule has 12 nitrogen and oxygen atoms in total. The van der Waals surface area contributed by atoms with Gasteiger partial charge in [-0.05, 0) is 84.3 Å². The number of esters is 5. The Labute approximate surface area is 367 Å². The lowest BCUT2D eigenvalue weighted by Crippen LogP contribution is -2.31. The van der Waals surface area contributed by atoms with Crippen LogP contribution in [0.5, 0.6) is 5.75 Å². The van der Waals surface area contributed by atoms with E-state index in [1.807, 2.05) is 37.3 Å². The van der Waals surface area contributed by atoms with Crippen LogP contribution in [0.15, 0.2) is 30.3 Å². The van der Waals surface area contributed by atoms with E-state index in [4.69, 9.17) is 28.4 Å². The summed E-state index contributed by atoms with van der Waals surface area (Å²) in [4.78, 5) is 76.7. The molecule has 0 heterocycles. The third-order valence-electron chi connectivity index (χ3n) is 10.9. The summed E-state index contributed by atoms with van der Waals surface area (Å²) in [6.45, 7) is 11.4. The van der Waals surface area contributed by atoms with Crippen LogP contribution >= 0.6 is 0 Å². The Hall–Kier alpha value is -3.96. The van der Waals surface area contributed by atoms with E-state index in [2.05, 4.69) is 13.8 Å². The van der Waals surface area contributed by atoms with Gasteiger partial charge in [0.1, 0.15) is 44.4 Å². The van der Waals surface area contributed by atoms with Crippen LogP contribution in [-0.2, 0) is 52.5 Å². The summed E-state index contributed by atoms with van der Waals surface area (Å²) in [6, 6.07) is 9.19. The van der Waals surface area contributed by atoms with Crippen LogP contribution < -0.4 is 4.74 Å². The zero-order chi connectivity index (χ0) is 45.1. The van der Waals surface area contributed by atoms with E-state index in [0.29, 0.717) is 25.4 Å². The number of Topliss-reactive ketones (excluding diaryl/α,β-unsaturated/α-hetero) is 1. The number of hydrogen-bond donors (Lipinski definition) is 0. The van der Waals surface area contributed by atoms with Gasteiger partial charge in [-0.1, -0.05) is 116 Å². The van der Waals surface area contributed by atoms with E-state index >= 15 is 0 Å². The van der Waals surface area contributed by atoms with E-state index in [1.165, 1.54) is 51.9 Å². The number of ether oxygens (including phenoxy) is 6. The first-order chi connectivity index (χ1) is 29.3. The van der Waals surface area contributed by atoms with Gasteiger partial charge in [-0.2, -0.15) is 0 Å². The van der Waals surface area contributed by atoms with Crippen molar-refractivity contribution in [3.63, 3.8) is 0 Å². The molecule has 1 rings (SSSR count). The van der Waals surface area contributed by atoms with Gasteiger partial charge in [-0.25, -0.2) is 0 Å². The Kier molecular flexibility index (Phi) is 31.2. The molecule has 0 aromatic heterocycles. The van der Waals surface area contributed by atoms with Crippen molar-refractivity contribution in [1.82, 2.24) is 0 Å². The lowest BCUT2D eigenvalue weighted by atomic mass is 9.81. The van der Waals surface area contributed by atoms with E-state index in [1.54, 1.807) is 13.8 Å². The average Bonchev–Trinajstić information content (AvgIpc) is 3.23. The van der Waals surface area contributed by atoms with Gasteiger partial charge in [0.15, 0.2) is 0 Å². The Morgan fingerprint density at radius 1 is 0.525 bits per heavy atom. The molecule has 0 bridgehead atoms. The van der Waals surface area contributed by atoms with Crippen molar-refractivity contribution in [3.8, 4) is 5.75 Å². The fourth-order valence-electron chi connectivity index (χ4n) is 6.90. The van der Waals surface area contributed by atoms with Crippen molar-refractivity contribution in [2.24, 2.45) is 23.2 Å². The van der Waals surface area contributed by atoms with Gasteiger partial charge in [0.2, 0.25) is 0 Å². The molecule has 3 atom stereocenters. The highest BCUT2D eigenvalue weighted by Crippen LogP contribution is 2.31. The van der Waals surface area contributed by atoms with Gasteiger partial charge < -0.3 is 28.4 Å². The van der Waals surface area contributed by atoms with Crippen LogP contribution in [0.4, 0.5) is 0 Å².